The molecule has 1 aromatic carbocycles. The van der Waals surface area contributed by atoms with Crippen LogP contribution in [0, 0.1) is 0 Å². The van der Waals surface area contributed by atoms with Gasteiger partial charge in [-0.3, -0.25) is 9.36 Å². The molecule has 1 amide bonds. The topological polar surface area (TPSA) is 60.1 Å². The van der Waals surface area contributed by atoms with E-state index in [-0.39, 0.29) is 11.9 Å². The normalized spacial score (nSPS) is 12.1. The molecule has 0 radical (unpaired) electrons. The first-order valence-corrected chi connectivity index (χ1v) is 9.42. The number of furan rings is 1. The number of benzene rings is 1. The van der Waals surface area contributed by atoms with E-state index in [1.165, 1.54) is 11.8 Å². The van der Waals surface area contributed by atoms with E-state index in [9.17, 15) is 4.79 Å². The largest absolute Gasteiger partial charge is 0.469 e. The number of hydrogen-bond donors (Lipinski definition) is 1. The minimum Gasteiger partial charge on any atom is -0.469 e. The molecule has 5 nitrogen and oxygen atoms in total. The van der Waals surface area contributed by atoms with Crippen molar-refractivity contribution < 1.29 is 9.21 Å². The number of carbonyl (C=O) groups is 1. The molecule has 1 atom stereocenters. The molecule has 25 heavy (non-hydrogen) atoms. The number of hydrogen-bond acceptors (Lipinski definition) is 4. The van der Waals surface area contributed by atoms with Gasteiger partial charge < -0.3 is 9.73 Å². The van der Waals surface area contributed by atoms with Crippen molar-refractivity contribution >= 4 is 17.7 Å². The predicted molar refractivity (Wildman–Crippen MR) is 99.3 cm³/mol. The van der Waals surface area contributed by atoms with Gasteiger partial charge in [-0.05, 0) is 43.9 Å². The summed E-state index contributed by atoms with van der Waals surface area (Å²) in [7, 11) is 0. The molecule has 0 spiro atoms. The predicted octanol–water partition coefficient (Wildman–Crippen LogP) is 3.94. The summed E-state index contributed by atoms with van der Waals surface area (Å²) < 4.78 is 7.23. The first-order chi connectivity index (χ1) is 12.2. The molecule has 3 rings (SSSR count). The highest BCUT2D eigenvalue weighted by Crippen LogP contribution is 2.21. The Hall–Kier alpha value is -2.47. The zero-order valence-corrected chi connectivity index (χ0v) is 15.1. The molecule has 130 valence electrons. The third kappa shape index (κ3) is 4.14. The third-order valence-corrected chi connectivity index (χ3v) is 4.59. The maximum Gasteiger partial charge on any atom is 0.270 e. The summed E-state index contributed by atoms with van der Waals surface area (Å²) in [6.45, 7) is 2.00. The van der Waals surface area contributed by atoms with E-state index in [0.29, 0.717) is 5.69 Å². The van der Waals surface area contributed by atoms with Crippen LogP contribution in [0.1, 0.15) is 29.6 Å². The van der Waals surface area contributed by atoms with E-state index < -0.39 is 0 Å². The molecular formula is C19H21N3O2S. The van der Waals surface area contributed by atoms with Gasteiger partial charge in [0.05, 0.1) is 12.5 Å². The summed E-state index contributed by atoms with van der Waals surface area (Å²) in [6.07, 6.45) is 6.86. The van der Waals surface area contributed by atoms with Crippen LogP contribution >= 0.6 is 11.8 Å². The van der Waals surface area contributed by atoms with Gasteiger partial charge in [0.2, 0.25) is 0 Å². The highest BCUT2D eigenvalue weighted by molar-refractivity contribution is 7.98. The van der Waals surface area contributed by atoms with Gasteiger partial charge in [0.15, 0.2) is 5.16 Å². The van der Waals surface area contributed by atoms with E-state index in [1.54, 1.807) is 12.5 Å². The van der Waals surface area contributed by atoms with Gasteiger partial charge in [0.25, 0.3) is 5.91 Å². The molecule has 2 aromatic heterocycles. The Labute approximate surface area is 151 Å². The summed E-state index contributed by atoms with van der Waals surface area (Å²) in [5.41, 5.74) is 1.47. The second-order valence-corrected chi connectivity index (χ2v) is 6.57. The lowest BCUT2D eigenvalue weighted by Crippen LogP contribution is -2.34. The van der Waals surface area contributed by atoms with Crippen LogP contribution in [-0.4, -0.2) is 27.8 Å². The number of imidazole rings is 1. The van der Waals surface area contributed by atoms with E-state index in [2.05, 4.69) is 10.3 Å². The van der Waals surface area contributed by atoms with Crippen LogP contribution in [0.15, 0.2) is 64.5 Å². The van der Waals surface area contributed by atoms with Crippen molar-refractivity contribution in [2.75, 3.05) is 6.26 Å². The molecule has 1 N–H and O–H groups in total. The zero-order chi connectivity index (χ0) is 17.6. The highest BCUT2D eigenvalue weighted by atomic mass is 32.2. The first-order valence-electron chi connectivity index (χ1n) is 8.19. The SMILES string of the molecule is CSc1ncc(C(=O)NC(C)CCc2ccco2)n1-c1ccccc1. The summed E-state index contributed by atoms with van der Waals surface area (Å²) in [4.78, 5) is 17.1. The molecule has 3 aromatic rings. The van der Waals surface area contributed by atoms with E-state index in [1.807, 2.05) is 60.2 Å². The van der Waals surface area contributed by atoms with Crippen molar-refractivity contribution in [3.05, 3.63) is 66.4 Å². The number of nitrogens with zero attached hydrogens (tertiary/aromatic N) is 2. The number of thioether (sulfide) groups is 1. The smallest absolute Gasteiger partial charge is 0.270 e. The standard InChI is InChI=1S/C19H21N3O2S/c1-14(10-11-16-9-6-12-24-16)21-18(23)17-13-20-19(25-2)22(17)15-7-4-3-5-8-15/h3-9,12-14H,10-11H2,1-2H3,(H,21,23). The minimum absolute atomic E-state index is 0.0365. The average Bonchev–Trinajstić information content (AvgIpc) is 3.30. The Bertz CT molecular complexity index is 813. The monoisotopic (exact) mass is 355 g/mol. The molecular weight excluding hydrogens is 334 g/mol. The number of amides is 1. The lowest BCUT2D eigenvalue weighted by atomic mass is 10.1. The van der Waals surface area contributed by atoms with Crippen molar-refractivity contribution in [1.82, 2.24) is 14.9 Å². The van der Waals surface area contributed by atoms with Crippen LogP contribution in [0.25, 0.3) is 5.69 Å². The molecule has 0 saturated carbocycles. The maximum atomic E-state index is 12.7. The van der Waals surface area contributed by atoms with E-state index in [4.69, 9.17) is 4.42 Å². The lowest BCUT2D eigenvalue weighted by molar-refractivity contribution is 0.0930. The Balaban J connectivity index is 1.72. The zero-order valence-electron chi connectivity index (χ0n) is 14.3. The minimum atomic E-state index is -0.122. The molecule has 0 aliphatic heterocycles. The number of rotatable bonds is 7. The Kier molecular flexibility index (Phi) is 5.60. The fraction of sp³-hybridized carbons (Fsp3) is 0.263. The van der Waals surface area contributed by atoms with Crippen LogP contribution in [0.4, 0.5) is 0 Å². The summed E-state index contributed by atoms with van der Waals surface area (Å²) in [5.74, 6) is 0.809. The average molecular weight is 355 g/mol. The first kappa shape index (κ1) is 17.4. The molecule has 0 bridgehead atoms. The number of carbonyl (C=O) groups excluding carboxylic acids is 1. The van der Waals surface area contributed by atoms with Gasteiger partial charge in [-0.1, -0.05) is 30.0 Å². The van der Waals surface area contributed by atoms with Gasteiger partial charge >= 0.3 is 0 Å². The molecule has 0 aliphatic rings. The Morgan fingerprint density at radius 1 is 1.28 bits per heavy atom. The second-order valence-electron chi connectivity index (χ2n) is 5.79. The van der Waals surface area contributed by atoms with Crippen molar-refractivity contribution in [1.29, 1.82) is 0 Å². The fourth-order valence-electron chi connectivity index (χ4n) is 2.65. The third-order valence-electron chi connectivity index (χ3n) is 3.94. The summed E-state index contributed by atoms with van der Waals surface area (Å²) in [6, 6.07) is 13.7. The number of para-hydroxylation sites is 1. The lowest BCUT2D eigenvalue weighted by Gasteiger charge is -2.15. The number of nitrogens with one attached hydrogen (secondary N) is 1. The summed E-state index contributed by atoms with van der Waals surface area (Å²) in [5, 5.41) is 3.85. The van der Waals surface area contributed by atoms with Crippen molar-refractivity contribution in [3.8, 4) is 5.69 Å². The molecule has 1 unspecified atom stereocenters. The Morgan fingerprint density at radius 2 is 2.08 bits per heavy atom. The Morgan fingerprint density at radius 3 is 2.76 bits per heavy atom. The quantitative estimate of drug-likeness (QED) is 0.652. The van der Waals surface area contributed by atoms with Crippen molar-refractivity contribution in [3.63, 3.8) is 0 Å². The van der Waals surface area contributed by atoms with Crippen LogP contribution in [0.5, 0.6) is 0 Å². The maximum absolute atomic E-state index is 12.7. The van der Waals surface area contributed by atoms with Crippen molar-refractivity contribution in [2.24, 2.45) is 0 Å². The van der Waals surface area contributed by atoms with E-state index >= 15 is 0 Å². The van der Waals surface area contributed by atoms with Gasteiger partial charge in [-0.15, -0.1) is 0 Å². The van der Waals surface area contributed by atoms with Gasteiger partial charge in [0, 0.05) is 18.2 Å². The van der Waals surface area contributed by atoms with Crippen LogP contribution in [0.2, 0.25) is 0 Å². The molecule has 6 heteroatoms. The van der Waals surface area contributed by atoms with Gasteiger partial charge in [-0.2, -0.15) is 0 Å². The fourth-order valence-corrected chi connectivity index (χ4v) is 3.19. The number of aromatic nitrogens is 2. The van der Waals surface area contributed by atoms with Gasteiger partial charge in [-0.25, -0.2) is 4.98 Å². The van der Waals surface area contributed by atoms with Crippen LogP contribution in [-0.2, 0) is 6.42 Å². The molecule has 2 heterocycles. The van der Waals surface area contributed by atoms with E-state index in [0.717, 1.165) is 29.4 Å². The second kappa shape index (κ2) is 8.07. The van der Waals surface area contributed by atoms with Gasteiger partial charge in [0.1, 0.15) is 11.5 Å². The number of aryl methyl sites for hydroxylation is 1. The molecule has 0 fully saturated rings. The van der Waals surface area contributed by atoms with Crippen LogP contribution < -0.4 is 5.32 Å². The van der Waals surface area contributed by atoms with Crippen LogP contribution in [0.3, 0.4) is 0 Å². The van der Waals surface area contributed by atoms with Crippen molar-refractivity contribution in [2.45, 2.75) is 31.0 Å². The summed E-state index contributed by atoms with van der Waals surface area (Å²) >= 11 is 1.52. The molecule has 0 saturated heterocycles. The molecule has 0 aliphatic carbocycles. The highest BCUT2D eigenvalue weighted by Gasteiger charge is 2.19.